The van der Waals surface area contributed by atoms with Crippen molar-refractivity contribution >= 4 is 11.0 Å². The first kappa shape index (κ1) is 13.9. The highest BCUT2D eigenvalue weighted by atomic mass is 19.4. The highest BCUT2D eigenvalue weighted by Gasteiger charge is 2.37. The first-order valence-corrected chi connectivity index (χ1v) is 6.00. The summed E-state index contributed by atoms with van der Waals surface area (Å²) in [5, 5.41) is 8.81. The van der Waals surface area contributed by atoms with Crippen molar-refractivity contribution in [3.63, 3.8) is 0 Å². The second-order valence-corrected chi connectivity index (χ2v) is 4.59. The van der Waals surface area contributed by atoms with Gasteiger partial charge in [-0.15, -0.1) is 0 Å². The molecule has 1 heterocycles. The molecule has 0 bridgehead atoms. The summed E-state index contributed by atoms with van der Waals surface area (Å²) >= 11 is 0. The first-order chi connectivity index (χ1) is 8.84. The minimum Gasteiger partial charge on any atom is -0.396 e. The number of fused-ring (bicyclic) bond motifs is 1. The van der Waals surface area contributed by atoms with Gasteiger partial charge in [-0.1, -0.05) is 0 Å². The van der Waals surface area contributed by atoms with Gasteiger partial charge in [0.2, 0.25) is 5.82 Å². The van der Waals surface area contributed by atoms with Gasteiger partial charge in [-0.25, -0.2) is 4.98 Å². The third kappa shape index (κ3) is 2.58. The molecule has 0 unspecified atom stereocenters. The van der Waals surface area contributed by atoms with Crippen molar-refractivity contribution in [2.45, 2.75) is 33.0 Å². The van der Waals surface area contributed by atoms with E-state index in [9.17, 15) is 13.2 Å². The molecule has 0 atom stereocenters. The lowest BCUT2D eigenvalue weighted by molar-refractivity contribution is -0.147. The lowest BCUT2D eigenvalue weighted by Gasteiger charge is -2.11. The average molecular weight is 272 g/mol. The van der Waals surface area contributed by atoms with E-state index in [1.165, 1.54) is 0 Å². The van der Waals surface area contributed by atoms with Gasteiger partial charge in [-0.3, -0.25) is 0 Å². The van der Waals surface area contributed by atoms with Crippen LogP contribution in [0.2, 0.25) is 0 Å². The van der Waals surface area contributed by atoms with Crippen molar-refractivity contribution in [1.29, 1.82) is 0 Å². The second kappa shape index (κ2) is 4.85. The molecule has 6 heteroatoms. The molecule has 0 aliphatic carbocycles. The minimum absolute atomic E-state index is 0.102. The number of hydrogen-bond donors (Lipinski definition) is 1. The van der Waals surface area contributed by atoms with E-state index in [0.29, 0.717) is 11.0 Å². The Balaban J connectivity index is 2.67. The minimum atomic E-state index is -4.49. The second-order valence-electron chi connectivity index (χ2n) is 4.59. The van der Waals surface area contributed by atoms with Crippen LogP contribution in [-0.4, -0.2) is 21.3 Å². The molecular weight excluding hydrogens is 257 g/mol. The predicted octanol–water partition coefficient (Wildman–Crippen LogP) is 3.05. The highest BCUT2D eigenvalue weighted by molar-refractivity contribution is 5.78. The van der Waals surface area contributed by atoms with Crippen molar-refractivity contribution in [2.75, 3.05) is 6.61 Å². The van der Waals surface area contributed by atoms with Crippen molar-refractivity contribution in [1.82, 2.24) is 9.55 Å². The summed E-state index contributed by atoms with van der Waals surface area (Å²) in [4.78, 5) is 3.70. The molecule has 0 aliphatic rings. The molecule has 2 rings (SSSR count). The third-order valence-corrected chi connectivity index (χ3v) is 3.16. The average Bonchev–Trinajstić information content (AvgIpc) is 2.65. The van der Waals surface area contributed by atoms with Gasteiger partial charge < -0.3 is 9.67 Å². The fraction of sp³-hybridized carbons (Fsp3) is 0.462. The number of aryl methyl sites for hydroxylation is 3. The first-order valence-electron chi connectivity index (χ1n) is 6.00. The fourth-order valence-corrected chi connectivity index (χ4v) is 2.05. The van der Waals surface area contributed by atoms with E-state index < -0.39 is 12.0 Å². The summed E-state index contributed by atoms with van der Waals surface area (Å²) < 4.78 is 40.0. The Hall–Kier alpha value is -1.56. The number of aliphatic hydroxyl groups excluding tert-OH is 1. The summed E-state index contributed by atoms with van der Waals surface area (Å²) in [5.74, 6) is -0.902. The summed E-state index contributed by atoms with van der Waals surface area (Å²) in [6.07, 6.45) is -4.22. The molecule has 0 aliphatic heterocycles. The van der Waals surface area contributed by atoms with Crippen LogP contribution in [0.1, 0.15) is 23.4 Å². The van der Waals surface area contributed by atoms with Crippen molar-refractivity contribution < 1.29 is 18.3 Å². The van der Waals surface area contributed by atoms with Gasteiger partial charge in [-0.05, 0) is 43.5 Å². The molecule has 104 valence electrons. The van der Waals surface area contributed by atoms with Crippen LogP contribution in [0.25, 0.3) is 11.0 Å². The Kier molecular flexibility index (Phi) is 3.54. The molecule has 1 N–H and O–H groups in total. The van der Waals surface area contributed by atoms with E-state index in [0.717, 1.165) is 15.7 Å². The third-order valence-electron chi connectivity index (χ3n) is 3.16. The molecule has 3 nitrogen and oxygen atoms in total. The molecule has 0 amide bonds. The number of aliphatic hydroxyl groups is 1. The van der Waals surface area contributed by atoms with E-state index in [1.807, 2.05) is 13.8 Å². The zero-order chi connectivity index (χ0) is 14.2. The molecule has 0 radical (unpaired) electrons. The summed E-state index contributed by atoms with van der Waals surface area (Å²) in [7, 11) is 0. The van der Waals surface area contributed by atoms with E-state index in [1.54, 1.807) is 12.1 Å². The maximum absolute atomic E-state index is 13.0. The summed E-state index contributed by atoms with van der Waals surface area (Å²) in [6, 6.07) is 3.37. The van der Waals surface area contributed by atoms with Gasteiger partial charge in [-0.2, -0.15) is 13.2 Å². The van der Waals surface area contributed by atoms with Crippen LogP contribution in [0, 0.1) is 13.8 Å². The van der Waals surface area contributed by atoms with Crippen LogP contribution in [0.15, 0.2) is 12.1 Å². The van der Waals surface area contributed by atoms with Gasteiger partial charge in [0, 0.05) is 13.2 Å². The Bertz CT molecular complexity index is 602. The standard InChI is InChI=1S/C13H15F3N2O/c1-8-6-10-11(7-9(8)2)18(4-3-5-19)12(17-10)13(14,15)16/h6-7,19H,3-5H2,1-2H3. The van der Waals surface area contributed by atoms with Gasteiger partial charge >= 0.3 is 6.18 Å². The molecule has 2 aromatic rings. The molecule has 1 aromatic heterocycles. The number of alkyl halides is 3. The highest BCUT2D eigenvalue weighted by Crippen LogP contribution is 2.32. The Morgan fingerprint density at radius 1 is 1.21 bits per heavy atom. The van der Waals surface area contributed by atoms with Crippen LogP contribution >= 0.6 is 0 Å². The van der Waals surface area contributed by atoms with Gasteiger partial charge in [0.1, 0.15) is 0 Å². The number of rotatable bonds is 3. The van der Waals surface area contributed by atoms with Gasteiger partial charge in [0.05, 0.1) is 11.0 Å². The summed E-state index contributed by atoms with van der Waals surface area (Å²) in [6.45, 7) is 3.65. The molecule has 1 aromatic carbocycles. The Labute approximate surface area is 108 Å². The molecular formula is C13H15F3N2O. The van der Waals surface area contributed by atoms with E-state index in [-0.39, 0.29) is 19.6 Å². The van der Waals surface area contributed by atoms with Crippen LogP contribution in [0.4, 0.5) is 13.2 Å². The molecule has 0 spiro atoms. The molecule has 0 saturated heterocycles. The number of benzene rings is 1. The molecule has 0 fully saturated rings. The SMILES string of the molecule is Cc1cc2nc(C(F)(F)F)n(CCCO)c2cc1C. The maximum Gasteiger partial charge on any atom is 0.449 e. The van der Waals surface area contributed by atoms with Gasteiger partial charge in [0.25, 0.3) is 0 Å². The number of hydrogen-bond acceptors (Lipinski definition) is 2. The summed E-state index contributed by atoms with van der Waals surface area (Å²) in [5.41, 5.74) is 2.64. The monoisotopic (exact) mass is 272 g/mol. The van der Waals surface area contributed by atoms with Crippen molar-refractivity contribution in [3.05, 3.63) is 29.1 Å². The maximum atomic E-state index is 13.0. The van der Waals surface area contributed by atoms with Crippen molar-refractivity contribution in [3.8, 4) is 0 Å². The van der Waals surface area contributed by atoms with E-state index in [2.05, 4.69) is 4.98 Å². The topological polar surface area (TPSA) is 38.0 Å². The largest absolute Gasteiger partial charge is 0.449 e. The predicted molar refractivity (Wildman–Crippen MR) is 65.9 cm³/mol. The fourth-order valence-electron chi connectivity index (χ4n) is 2.05. The molecule has 0 saturated carbocycles. The van der Waals surface area contributed by atoms with Crippen LogP contribution < -0.4 is 0 Å². The number of halogens is 3. The van der Waals surface area contributed by atoms with E-state index >= 15 is 0 Å². The van der Waals surface area contributed by atoms with Crippen LogP contribution in [0.5, 0.6) is 0 Å². The Morgan fingerprint density at radius 3 is 2.42 bits per heavy atom. The number of aromatic nitrogens is 2. The lowest BCUT2D eigenvalue weighted by Crippen LogP contribution is -2.15. The number of nitrogens with zero attached hydrogens (tertiary/aromatic N) is 2. The zero-order valence-electron chi connectivity index (χ0n) is 10.8. The normalized spacial score (nSPS) is 12.3. The number of imidazole rings is 1. The van der Waals surface area contributed by atoms with Crippen LogP contribution in [-0.2, 0) is 12.7 Å². The van der Waals surface area contributed by atoms with Crippen molar-refractivity contribution in [2.24, 2.45) is 0 Å². The lowest BCUT2D eigenvalue weighted by atomic mass is 10.1. The zero-order valence-corrected chi connectivity index (χ0v) is 10.8. The molecule has 19 heavy (non-hydrogen) atoms. The quantitative estimate of drug-likeness (QED) is 0.932. The smallest absolute Gasteiger partial charge is 0.396 e. The van der Waals surface area contributed by atoms with E-state index in [4.69, 9.17) is 5.11 Å². The van der Waals surface area contributed by atoms with Crippen LogP contribution in [0.3, 0.4) is 0 Å². The van der Waals surface area contributed by atoms with Gasteiger partial charge in [0.15, 0.2) is 0 Å². The Morgan fingerprint density at radius 2 is 1.84 bits per heavy atom.